The summed E-state index contributed by atoms with van der Waals surface area (Å²) in [6.07, 6.45) is 0. The van der Waals surface area contributed by atoms with Crippen molar-refractivity contribution in [1.29, 1.82) is 0 Å². The molecular formula is C24H20FN3O3S. The molecule has 1 amide bonds. The van der Waals surface area contributed by atoms with E-state index in [4.69, 9.17) is 9.47 Å². The largest absolute Gasteiger partial charge is 0.497 e. The molecule has 0 atom stereocenters. The monoisotopic (exact) mass is 449 g/mol. The van der Waals surface area contributed by atoms with E-state index < -0.39 is 0 Å². The molecule has 0 unspecified atom stereocenters. The summed E-state index contributed by atoms with van der Waals surface area (Å²) in [6.45, 7) is 0. The number of ether oxygens (including phenoxy) is 2. The maximum atomic E-state index is 13.0. The number of methoxy groups -OCH3 is 2. The molecule has 0 saturated carbocycles. The molecule has 1 aromatic heterocycles. The first-order valence-corrected chi connectivity index (χ1v) is 10.5. The lowest BCUT2D eigenvalue weighted by molar-refractivity contribution is 0.102. The molecule has 0 saturated heterocycles. The highest BCUT2D eigenvalue weighted by Crippen LogP contribution is 2.28. The second kappa shape index (κ2) is 9.49. The zero-order chi connectivity index (χ0) is 22.5. The number of rotatable bonds is 7. The van der Waals surface area contributed by atoms with E-state index >= 15 is 0 Å². The Morgan fingerprint density at radius 1 is 0.906 bits per heavy atom. The van der Waals surface area contributed by atoms with Crippen LogP contribution in [0, 0.1) is 5.82 Å². The predicted molar refractivity (Wildman–Crippen MR) is 125 cm³/mol. The average Bonchev–Trinajstić information content (AvgIpc) is 3.29. The van der Waals surface area contributed by atoms with Gasteiger partial charge in [-0.1, -0.05) is 12.1 Å². The van der Waals surface area contributed by atoms with Gasteiger partial charge in [-0.15, -0.1) is 11.3 Å². The van der Waals surface area contributed by atoms with Crippen molar-refractivity contribution in [3.05, 3.63) is 83.5 Å². The van der Waals surface area contributed by atoms with Crippen LogP contribution in [-0.2, 0) is 0 Å². The summed E-state index contributed by atoms with van der Waals surface area (Å²) in [6, 6.07) is 18.5. The van der Waals surface area contributed by atoms with Crippen LogP contribution < -0.4 is 20.1 Å². The molecule has 32 heavy (non-hydrogen) atoms. The van der Waals surface area contributed by atoms with E-state index in [0.29, 0.717) is 27.9 Å². The van der Waals surface area contributed by atoms with Crippen LogP contribution in [0.3, 0.4) is 0 Å². The molecule has 8 heteroatoms. The van der Waals surface area contributed by atoms with Crippen molar-refractivity contribution >= 4 is 33.8 Å². The lowest BCUT2D eigenvalue weighted by Gasteiger charge is -2.09. The van der Waals surface area contributed by atoms with Crippen LogP contribution in [0.1, 0.15) is 10.4 Å². The molecule has 4 aromatic rings. The third-order valence-corrected chi connectivity index (χ3v) is 5.41. The van der Waals surface area contributed by atoms with Crippen LogP contribution >= 0.6 is 11.3 Å². The fraction of sp³-hybridized carbons (Fsp3) is 0.0833. The molecule has 4 rings (SSSR count). The summed E-state index contributed by atoms with van der Waals surface area (Å²) < 4.78 is 23.5. The molecular weight excluding hydrogens is 429 g/mol. The van der Waals surface area contributed by atoms with Gasteiger partial charge < -0.3 is 20.1 Å². The number of halogens is 1. The van der Waals surface area contributed by atoms with E-state index in [-0.39, 0.29) is 11.7 Å². The minimum Gasteiger partial charge on any atom is -0.497 e. The number of carbonyl (C=O) groups excluding carboxylic acids is 1. The Morgan fingerprint density at radius 2 is 1.53 bits per heavy atom. The highest BCUT2D eigenvalue weighted by molar-refractivity contribution is 7.14. The van der Waals surface area contributed by atoms with E-state index in [2.05, 4.69) is 15.6 Å². The zero-order valence-corrected chi connectivity index (χ0v) is 18.2. The van der Waals surface area contributed by atoms with Crippen molar-refractivity contribution in [2.75, 3.05) is 24.9 Å². The van der Waals surface area contributed by atoms with Crippen molar-refractivity contribution < 1.29 is 18.7 Å². The molecule has 0 aliphatic carbocycles. The quantitative estimate of drug-likeness (QED) is 0.364. The summed E-state index contributed by atoms with van der Waals surface area (Å²) in [5, 5.41) is 8.67. The Hall–Kier alpha value is -3.91. The standard InChI is InChI=1S/C24H20FN3O3S/c1-30-20-11-16(12-21(13-20)31-2)23(29)26-18-7-3-15(4-8-18)22-14-32-24(28-22)27-19-9-5-17(25)6-10-19/h3-14H,1-2H3,(H,26,29)(H,27,28). The summed E-state index contributed by atoms with van der Waals surface area (Å²) >= 11 is 1.45. The van der Waals surface area contributed by atoms with E-state index in [0.717, 1.165) is 16.9 Å². The first-order valence-electron chi connectivity index (χ1n) is 9.67. The lowest BCUT2D eigenvalue weighted by atomic mass is 10.1. The summed E-state index contributed by atoms with van der Waals surface area (Å²) in [7, 11) is 3.07. The fourth-order valence-corrected chi connectivity index (χ4v) is 3.73. The number of nitrogens with one attached hydrogen (secondary N) is 2. The van der Waals surface area contributed by atoms with E-state index in [1.165, 1.54) is 37.7 Å². The van der Waals surface area contributed by atoms with Crippen LogP contribution in [0.25, 0.3) is 11.3 Å². The third kappa shape index (κ3) is 5.04. The van der Waals surface area contributed by atoms with Gasteiger partial charge in [0.25, 0.3) is 5.91 Å². The number of hydrogen-bond donors (Lipinski definition) is 2. The zero-order valence-electron chi connectivity index (χ0n) is 17.4. The van der Waals surface area contributed by atoms with Gasteiger partial charge in [0.2, 0.25) is 0 Å². The number of amides is 1. The molecule has 0 radical (unpaired) electrons. The molecule has 0 spiro atoms. The summed E-state index contributed by atoms with van der Waals surface area (Å²) in [4.78, 5) is 17.2. The van der Waals surface area contributed by atoms with Gasteiger partial charge in [0.15, 0.2) is 5.13 Å². The highest BCUT2D eigenvalue weighted by atomic mass is 32.1. The molecule has 0 aliphatic rings. The molecule has 0 fully saturated rings. The van der Waals surface area contributed by atoms with Gasteiger partial charge in [0, 0.05) is 33.9 Å². The normalized spacial score (nSPS) is 10.5. The molecule has 3 aromatic carbocycles. The fourth-order valence-electron chi connectivity index (χ4n) is 2.99. The van der Waals surface area contributed by atoms with Crippen molar-refractivity contribution in [3.8, 4) is 22.8 Å². The topological polar surface area (TPSA) is 72.5 Å². The lowest BCUT2D eigenvalue weighted by Crippen LogP contribution is -2.12. The molecule has 0 bridgehead atoms. The van der Waals surface area contributed by atoms with Gasteiger partial charge in [-0.25, -0.2) is 9.37 Å². The predicted octanol–water partition coefficient (Wildman–Crippen LogP) is 5.96. The number of nitrogens with zero attached hydrogens (tertiary/aromatic N) is 1. The Balaban J connectivity index is 1.44. The van der Waals surface area contributed by atoms with Crippen molar-refractivity contribution in [2.24, 2.45) is 0 Å². The molecule has 162 valence electrons. The maximum Gasteiger partial charge on any atom is 0.255 e. The number of anilines is 3. The molecule has 2 N–H and O–H groups in total. The SMILES string of the molecule is COc1cc(OC)cc(C(=O)Nc2ccc(-c3csc(Nc4ccc(F)cc4)n3)cc2)c1. The van der Waals surface area contributed by atoms with E-state index in [1.807, 2.05) is 29.6 Å². The van der Waals surface area contributed by atoms with Gasteiger partial charge in [0.05, 0.1) is 19.9 Å². The number of benzene rings is 3. The molecule has 1 heterocycles. The highest BCUT2D eigenvalue weighted by Gasteiger charge is 2.11. The van der Waals surface area contributed by atoms with Crippen molar-refractivity contribution in [2.45, 2.75) is 0 Å². The number of carbonyl (C=O) groups is 1. The summed E-state index contributed by atoms with van der Waals surface area (Å²) in [5.74, 6) is 0.527. The third-order valence-electron chi connectivity index (χ3n) is 4.65. The van der Waals surface area contributed by atoms with Gasteiger partial charge in [0.1, 0.15) is 17.3 Å². The number of thiazole rings is 1. The Kier molecular flexibility index (Phi) is 6.32. The number of aromatic nitrogens is 1. The first kappa shape index (κ1) is 21.3. The summed E-state index contributed by atoms with van der Waals surface area (Å²) in [5.41, 5.74) is 3.56. The molecule has 0 aliphatic heterocycles. The van der Waals surface area contributed by atoms with Crippen molar-refractivity contribution in [1.82, 2.24) is 4.98 Å². The second-order valence-electron chi connectivity index (χ2n) is 6.80. The van der Waals surface area contributed by atoms with E-state index in [9.17, 15) is 9.18 Å². The molecule has 6 nitrogen and oxygen atoms in total. The van der Waals surface area contributed by atoms with Gasteiger partial charge in [-0.3, -0.25) is 4.79 Å². The Morgan fingerprint density at radius 3 is 2.16 bits per heavy atom. The minimum atomic E-state index is -0.284. The van der Waals surface area contributed by atoms with Gasteiger partial charge >= 0.3 is 0 Å². The van der Waals surface area contributed by atoms with Crippen LogP contribution in [-0.4, -0.2) is 25.1 Å². The van der Waals surface area contributed by atoms with E-state index in [1.54, 1.807) is 30.3 Å². The number of hydrogen-bond acceptors (Lipinski definition) is 6. The Labute approximate surface area is 188 Å². The van der Waals surface area contributed by atoms with Gasteiger partial charge in [-0.05, 0) is 48.5 Å². The smallest absolute Gasteiger partial charge is 0.255 e. The maximum absolute atomic E-state index is 13.0. The van der Waals surface area contributed by atoms with Crippen LogP contribution in [0.15, 0.2) is 72.1 Å². The van der Waals surface area contributed by atoms with Crippen molar-refractivity contribution in [3.63, 3.8) is 0 Å². The second-order valence-corrected chi connectivity index (χ2v) is 7.66. The van der Waals surface area contributed by atoms with Crippen LogP contribution in [0.2, 0.25) is 0 Å². The van der Waals surface area contributed by atoms with Gasteiger partial charge in [-0.2, -0.15) is 0 Å². The minimum absolute atomic E-state index is 0.269. The van der Waals surface area contributed by atoms with Crippen LogP contribution in [0.5, 0.6) is 11.5 Å². The Bertz CT molecular complexity index is 1200. The first-order chi connectivity index (χ1) is 15.5. The van der Waals surface area contributed by atoms with Crippen LogP contribution in [0.4, 0.5) is 20.9 Å². The average molecular weight is 450 g/mol.